The van der Waals surface area contributed by atoms with E-state index in [2.05, 4.69) is 5.32 Å². The Labute approximate surface area is 167 Å². The zero-order valence-electron chi connectivity index (χ0n) is 15.7. The van der Waals surface area contributed by atoms with Crippen LogP contribution in [0.15, 0.2) is 0 Å². The van der Waals surface area contributed by atoms with E-state index in [-0.39, 0.29) is 13.2 Å². The van der Waals surface area contributed by atoms with Gasteiger partial charge < -0.3 is 65.1 Å². The van der Waals surface area contributed by atoms with E-state index >= 15 is 0 Å². The van der Waals surface area contributed by atoms with Crippen molar-refractivity contribution in [1.82, 2.24) is 5.32 Å². The molecule has 2 aliphatic rings. The fourth-order valence-corrected chi connectivity index (χ4v) is 3.03. The van der Waals surface area contributed by atoms with Crippen LogP contribution in [0.4, 0.5) is 0 Å². The fourth-order valence-electron chi connectivity index (χ4n) is 3.03. The third-order valence-corrected chi connectivity index (χ3v) is 4.82. The first kappa shape index (κ1) is 24.7. The molecule has 0 aromatic rings. The zero-order chi connectivity index (χ0) is 21.6. The highest BCUT2D eigenvalue weighted by atomic mass is 16.7. The molecule has 0 saturated carbocycles. The minimum absolute atomic E-state index is 0.0722. The van der Waals surface area contributed by atoms with Crippen LogP contribution in [-0.4, -0.2) is 142 Å². The molecule has 10 atom stereocenters. The predicted octanol–water partition coefficient (Wildman–Crippen LogP) is -5.79. The quantitative estimate of drug-likeness (QED) is 0.148. The SMILES string of the molecule is OC[C@H]1O[C@H](OCCNCCOC2O[C@H](CO)[C@@H](O)[C@H](O)[C@@H]2O)[C@@H](O)[C@@H](O)[C@@H]1O. The molecule has 2 heterocycles. The Morgan fingerprint density at radius 2 is 0.966 bits per heavy atom. The third-order valence-electron chi connectivity index (χ3n) is 4.82. The molecule has 13 heteroatoms. The van der Waals surface area contributed by atoms with E-state index in [4.69, 9.17) is 29.2 Å². The van der Waals surface area contributed by atoms with Crippen LogP contribution in [0.1, 0.15) is 0 Å². The summed E-state index contributed by atoms with van der Waals surface area (Å²) in [6.45, 7) is -0.345. The van der Waals surface area contributed by atoms with Gasteiger partial charge in [-0.25, -0.2) is 0 Å². The molecule has 2 fully saturated rings. The lowest BCUT2D eigenvalue weighted by Gasteiger charge is -2.39. The van der Waals surface area contributed by atoms with Crippen molar-refractivity contribution < 1.29 is 59.8 Å². The van der Waals surface area contributed by atoms with E-state index in [1.807, 2.05) is 0 Å². The van der Waals surface area contributed by atoms with Crippen molar-refractivity contribution in [2.75, 3.05) is 39.5 Å². The van der Waals surface area contributed by atoms with Crippen LogP contribution in [0.5, 0.6) is 0 Å². The molecule has 1 unspecified atom stereocenters. The summed E-state index contributed by atoms with van der Waals surface area (Å²) < 4.78 is 21.0. The average molecular weight is 429 g/mol. The molecule has 0 aromatic heterocycles. The highest BCUT2D eigenvalue weighted by Gasteiger charge is 2.44. The average Bonchev–Trinajstić information content (AvgIpc) is 2.72. The van der Waals surface area contributed by atoms with Crippen LogP contribution < -0.4 is 5.32 Å². The van der Waals surface area contributed by atoms with Gasteiger partial charge in [0.05, 0.1) is 26.4 Å². The van der Waals surface area contributed by atoms with Gasteiger partial charge in [0.1, 0.15) is 48.8 Å². The van der Waals surface area contributed by atoms with E-state index in [0.717, 1.165) is 0 Å². The van der Waals surface area contributed by atoms with Gasteiger partial charge in [0.15, 0.2) is 12.6 Å². The highest BCUT2D eigenvalue weighted by molar-refractivity contribution is 4.89. The molecule has 0 bridgehead atoms. The van der Waals surface area contributed by atoms with Gasteiger partial charge in [-0.1, -0.05) is 0 Å². The highest BCUT2D eigenvalue weighted by Crippen LogP contribution is 2.22. The summed E-state index contributed by atoms with van der Waals surface area (Å²) in [5, 5.41) is 79.5. The Morgan fingerprint density at radius 1 is 0.586 bits per heavy atom. The lowest BCUT2D eigenvalue weighted by molar-refractivity contribution is -0.301. The summed E-state index contributed by atoms with van der Waals surface area (Å²) in [6.07, 6.45) is -13.4. The van der Waals surface area contributed by atoms with Crippen molar-refractivity contribution in [3.8, 4) is 0 Å². The topological polar surface area (TPSA) is 211 Å². The summed E-state index contributed by atoms with van der Waals surface area (Å²) in [5.41, 5.74) is 0. The van der Waals surface area contributed by atoms with Gasteiger partial charge in [0, 0.05) is 13.1 Å². The van der Waals surface area contributed by atoms with Crippen molar-refractivity contribution in [1.29, 1.82) is 0 Å². The van der Waals surface area contributed by atoms with Gasteiger partial charge in [-0.15, -0.1) is 0 Å². The Kier molecular flexibility index (Phi) is 10.0. The molecular weight excluding hydrogens is 398 g/mol. The smallest absolute Gasteiger partial charge is 0.186 e. The number of aliphatic hydroxyl groups excluding tert-OH is 8. The minimum Gasteiger partial charge on any atom is -0.394 e. The standard InChI is InChI=1S/C16H31NO12/c18-5-7-9(20)11(22)13(24)15(28-7)26-3-1-17-2-4-27-16-14(25)12(23)10(21)8(6-19)29-16/h7-25H,1-6H2/t7-,8-,9-,10-,11+,12+,13+,14+,15+,16?/m1/s1. The largest absolute Gasteiger partial charge is 0.394 e. The second kappa shape index (κ2) is 11.8. The maximum absolute atomic E-state index is 9.84. The van der Waals surface area contributed by atoms with Gasteiger partial charge in [-0.3, -0.25) is 0 Å². The normalized spacial score (nSPS) is 43.4. The third kappa shape index (κ3) is 6.24. The molecule has 172 valence electrons. The van der Waals surface area contributed by atoms with E-state index in [9.17, 15) is 30.6 Å². The molecule has 0 amide bonds. The first-order valence-electron chi connectivity index (χ1n) is 9.36. The van der Waals surface area contributed by atoms with Crippen LogP contribution in [-0.2, 0) is 18.9 Å². The fraction of sp³-hybridized carbons (Fsp3) is 1.00. The number of nitrogens with one attached hydrogen (secondary N) is 1. The lowest BCUT2D eigenvalue weighted by atomic mass is 9.99. The van der Waals surface area contributed by atoms with E-state index < -0.39 is 74.6 Å². The van der Waals surface area contributed by atoms with Gasteiger partial charge in [-0.2, -0.15) is 0 Å². The number of hydrogen-bond acceptors (Lipinski definition) is 13. The molecule has 2 aliphatic heterocycles. The van der Waals surface area contributed by atoms with Gasteiger partial charge in [-0.05, 0) is 0 Å². The Balaban J connectivity index is 1.61. The van der Waals surface area contributed by atoms with Crippen LogP contribution in [0, 0.1) is 0 Å². The molecule has 2 saturated heterocycles. The van der Waals surface area contributed by atoms with E-state index in [1.54, 1.807) is 0 Å². The second-order valence-corrected chi connectivity index (χ2v) is 6.89. The summed E-state index contributed by atoms with van der Waals surface area (Å²) in [7, 11) is 0. The molecule has 29 heavy (non-hydrogen) atoms. The van der Waals surface area contributed by atoms with E-state index in [0.29, 0.717) is 13.1 Å². The van der Waals surface area contributed by atoms with Crippen LogP contribution in [0.2, 0.25) is 0 Å². The number of ether oxygens (including phenoxy) is 4. The number of rotatable bonds is 10. The molecule has 13 nitrogen and oxygen atoms in total. The zero-order valence-corrected chi connectivity index (χ0v) is 15.7. The van der Waals surface area contributed by atoms with Crippen molar-refractivity contribution in [3.63, 3.8) is 0 Å². The molecule has 0 aliphatic carbocycles. The summed E-state index contributed by atoms with van der Waals surface area (Å²) in [5.74, 6) is 0. The van der Waals surface area contributed by atoms with Gasteiger partial charge in [0.2, 0.25) is 0 Å². The Morgan fingerprint density at radius 3 is 1.31 bits per heavy atom. The van der Waals surface area contributed by atoms with Gasteiger partial charge >= 0.3 is 0 Å². The predicted molar refractivity (Wildman–Crippen MR) is 92.3 cm³/mol. The monoisotopic (exact) mass is 429 g/mol. The number of aliphatic hydroxyl groups is 8. The maximum Gasteiger partial charge on any atom is 0.186 e. The van der Waals surface area contributed by atoms with Gasteiger partial charge in [0.25, 0.3) is 0 Å². The number of hydrogen-bond donors (Lipinski definition) is 9. The van der Waals surface area contributed by atoms with Crippen molar-refractivity contribution >= 4 is 0 Å². The van der Waals surface area contributed by atoms with Crippen LogP contribution in [0.3, 0.4) is 0 Å². The lowest BCUT2D eigenvalue weighted by Crippen LogP contribution is -2.59. The Hall–Kier alpha value is -0.520. The second-order valence-electron chi connectivity index (χ2n) is 6.89. The maximum atomic E-state index is 9.84. The molecule has 2 rings (SSSR count). The summed E-state index contributed by atoms with van der Waals surface area (Å²) in [6, 6.07) is 0. The summed E-state index contributed by atoms with van der Waals surface area (Å²) in [4.78, 5) is 0. The molecular formula is C16H31NO12. The summed E-state index contributed by atoms with van der Waals surface area (Å²) >= 11 is 0. The van der Waals surface area contributed by atoms with E-state index in [1.165, 1.54) is 0 Å². The molecule has 0 aromatic carbocycles. The first-order valence-corrected chi connectivity index (χ1v) is 9.36. The first-order chi connectivity index (χ1) is 13.8. The van der Waals surface area contributed by atoms with Crippen LogP contribution in [0.25, 0.3) is 0 Å². The molecule has 0 spiro atoms. The minimum atomic E-state index is -1.51. The molecule has 0 radical (unpaired) electrons. The Bertz CT molecular complexity index is 429. The van der Waals surface area contributed by atoms with Crippen molar-refractivity contribution in [2.45, 2.75) is 61.4 Å². The van der Waals surface area contributed by atoms with Crippen LogP contribution >= 0.6 is 0 Å². The van der Waals surface area contributed by atoms with Crippen molar-refractivity contribution in [2.24, 2.45) is 0 Å². The van der Waals surface area contributed by atoms with Crippen molar-refractivity contribution in [3.05, 3.63) is 0 Å². The molecule has 9 N–H and O–H groups in total.